The van der Waals surface area contributed by atoms with Crippen LogP contribution in [0.5, 0.6) is 11.5 Å². The van der Waals surface area contributed by atoms with E-state index in [4.69, 9.17) is 9.47 Å². The number of carbonyl (C=O) groups is 1. The van der Waals surface area contributed by atoms with Crippen LogP contribution in [0.4, 0.5) is 0 Å². The highest BCUT2D eigenvalue weighted by atomic mass is 16.5. The average molecular weight is 339 g/mol. The number of hydrogen-bond acceptors (Lipinski definition) is 3. The van der Waals surface area contributed by atoms with Gasteiger partial charge in [-0.15, -0.1) is 0 Å². The molecule has 2 aromatic carbocycles. The summed E-state index contributed by atoms with van der Waals surface area (Å²) in [5, 5.41) is 2.97. The van der Waals surface area contributed by atoms with E-state index in [2.05, 4.69) is 5.32 Å². The molecular weight excluding hydrogens is 314 g/mol. The smallest absolute Gasteiger partial charge is 0.244 e. The molecule has 0 aliphatic carbocycles. The Hall–Kier alpha value is -2.75. The molecule has 1 N–H and O–H groups in total. The first-order valence-electron chi connectivity index (χ1n) is 8.40. The molecular formula is C21H25NO3. The van der Waals surface area contributed by atoms with Crippen molar-refractivity contribution in [1.29, 1.82) is 0 Å². The van der Waals surface area contributed by atoms with E-state index < -0.39 is 0 Å². The predicted octanol–water partition coefficient (Wildman–Crippen LogP) is 4.29. The number of hydrogen-bond donors (Lipinski definition) is 1. The Morgan fingerprint density at radius 1 is 1.20 bits per heavy atom. The number of amides is 1. The molecule has 0 aliphatic rings. The minimum atomic E-state index is -0.164. The maximum Gasteiger partial charge on any atom is 0.244 e. The Labute approximate surface area is 149 Å². The molecule has 1 atom stereocenters. The predicted molar refractivity (Wildman–Crippen MR) is 101 cm³/mol. The minimum absolute atomic E-state index is 0.158. The quantitative estimate of drug-likeness (QED) is 0.765. The molecule has 0 aliphatic heterocycles. The molecule has 2 rings (SSSR count). The van der Waals surface area contributed by atoms with Crippen LogP contribution in [0, 0.1) is 6.92 Å². The topological polar surface area (TPSA) is 47.6 Å². The first kappa shape index (κ1) is 18.6. The summed E-state index contributed by atoms with van der Waals surface area (Å²) in [4.78, 5) is 12.3. The zero-order valence-electron chi connectivity index (χ0n) is 15.2. The summed E-state index contributed by atoms with van der Waals surface area (Å²) < 4.78 is 11.0. The highest BCUT2D eigenvalue weighted by Gasteiger charge is 2.13. The van der Waals surface area contributed by atoms with Gasteiger partial charge in [-0.05, 0) is 39.0 Å². The number of methoxy groups -OCH3 is 1. The zero-order chi connectivity index (χ0) is 18.2. The lowest BCUT2D eigenvalue weighted by Crippen LogP contribution is -2.25. The van der Waals surface area contributed by atoms with E-state index in [1.165, 1.54) is 6.08 Å². The third-order valence-electron chi connectivity index (χ3n) is 3.84. The van der Waals surface area contributed by atoms with Crippen molar-refractivity contribution in [2.75, 3.05) is 13.7 Å². The van der Waals surface area contributed by atoms with Crippen molar-refractivity contribution < 1.29 is 14.3 Å². The van der Waals surface area contributed by atoms with Crippen LogP contribution in [-0.4, -0.2) is 19.6 Å². The monoisotopic (exact) mass is 339 g/mol. The van der Waals surface area contributed by atoms with Gasteiger partial charge in [-0.1, -0.05) is 35.9 Å². The highest BCUT2D eigenvalue weighted by Crippen LogP contribution is 2.26. The maximum atomic E-state index is 12.3. The molecule has 0 saturated heterocycles. The molecule has 0 heterocycles. The van der Waals surface area contributed by atoms with Crippen LogP contribution in [0.15, 0.2) is 48.5 Å². The summed E-state index contributed by atoms with van der Waals surface area (Å²) in [6.07, 6.45) is 3.29. The van der Waals surface area contributed by atoms with Gasteiger partial charge in [-0.2, -0.15) is 0 Å². The van der Waals surface area contributed by atoms with E-state index in [-0.39, 0.29) is 11.9 Å². The summed E-state index contributed by atoms with van der Waals surface area (Å²) >= 11 is 0. The number of para-hydroxylation sites is 1. The largest absolute Gasteiger partial charge is 0.496 e. The molecule has 0 aromatic heterocycles. The normalized spacial score (nSPS) is 12.0. The molecule has 0 fully saturated rings. The maximum absolute atomic E-state index is 12.3. The lowest BCUT2D eigenvalue weighted by molar-refractivity contribution is -0.117. The van der Waals surface area contributed by atoms with Crippen molar-refractivity contribution in [3.8, 4) is 11.5 Å². The first-order chi connectivity index (χ1) is 12.0. The second-order valence-corrected chi connectivity index (χ2v) is 5.78. The van der Waals surface area contributed by atoms with Gasteiger partial charge in [-0.25, -0.2) is 0 Å². The molecule has 0 radical (unpaired) electrons. The molecule has 1 amide bonds. The van der Waals surface area contributed by atoms with Crippen molar-refractivity contribution in [2.45, 2.75) is 26.8 Å². The molecule has 0 spiro atoms. The number of ether oxygens (including phenoxy) is 2. The Kier molecular flexibility index (Phi) is 6.63. The number of aryl methyl sites for hydroxylation is 1. The molecule has 0 saturated carbocycles. The van der Waals surface area contributed by atoms with Crippen LogP contribution < -0.4 is 14.8 Å². The van der Waals surface area contributed by atoms with Gasteiger partial charge in [0.05, 0.1) is 19.8 Å². The standard InChI is InChI=1S/C21H25NO3/c1-5-25-19-9-7-6-8-17(19)11-13-21(23)22-16(3)18-14-15(2)10-12-20(18)24-4/h6-14,16H,5H2,1-4H3,(H,22,23)/b13-11+. The minimum Gasteiger partial charge on any atom is -0.496 e. The lowest BCUT2D eigenvalue weighted by Gasteiger charge is -2.17. The fourth-order valence-electron chi connectivity index (χ4n) is 2.60. The van der Waals surface area contributed by atoms with E-state index in [9.17, 15) is 4.79 Å². The third kappa shape index (κ3) is 5.11. The molecule has 2 aromatic rings. The van der Waals surface area contributed by atoms with Crippen LogP contribution >= 0.6 is 0 Å². The second-order valence-electron chi connectivity index (χ2n) is 5.78. The Bertz CT molecular complexity index is 753. The Balaban J connectivity index is 2.09. The third-order valence-corrected chi connectivity index (χ3v) is 3.84. The van der Waals surface area contributed by atoms with Gasteiger partial charge in [0.2, 0.25) is 5.91 Å². The van der Waals surface area contributed by atoms with Crippen molar-refractivity contribution in [2.24, 2.45) is 0 Å². The van der Waals surface area contributed by atoms with Crippen LogP contribution in [0.3, 0.4) is 0 Å². The van der Waals surface area contributed by atoms with Gasteiger partial charge in [0, 0.05) is 17.2 Å². The second kappa shape index (κ2) is 8.92. The zero-order valence-corrected chi connectivity index (χ0v) is 15.2. The molecule has 132 valence electrons. The van der Waals surface area contributed by atoms with E-state index in [1.54, 1.807) is 13.2 Å². The van der Waals surface area contributed by atoms with Gasteiger partial charge < -0.3 is 14.8 Å². The Morgan fingerprint density at radius 2 is 1.96 bits per heavy atom. The lowest BCUT2D eigenvalue weighted by atomic mass is 10.0. The molecule has 4 nitrogen and oxygen atoms in total. The van der Waals surface area contributed by atoms with Crippen LogP contribution in [-0.2, 0) is 4.79 Å². The average Bonchev–Trinajstić information content (AvgIpc) is 2.61. The van der Waals surface area contributed by atoms with Gasteiger partial charge in [0.1, 0.15) is 11.5 Å². The van der Waals surface area contributed by atoms with E-state index in [1.807, 2.05) is 63.2 Å². The van der Waals surface area contributed by atoms with Crippen molar-refractivity contribution >= 4 is 12.0 Å². The first-order valence-corrected chi connectivity index (χ1v) is 8.40. The van der Waals surface area contributed by atoms with E-state index in [0.717, 1.165) is 28.2 Å². The summed E-state index contributed by atoms with van der Waals surface area (Å²) in [6, 6.07) is 13.4. The van der Waals surface area contributed by atoms with Crippen molar-refractivity contribution in [1.82, 2.24) is 5.32 Å². The number of carbonyl (C=O) groups excluding carboxylic acids is 1. The summed E-state index contributed by atoms with van der Waals surface area (Å²) in [7, 11) is 1.63. The highest BCUT2D eigenvalue weighted by molar-refractivity contribution is 5.92. The summed E-state index contributed by atoms with van der Waals surface area (Å²) in [5.41, 5.74) is 2.96. The van der Waals surface area contributed by atoms with Crippen LogP contribution in [0.2, 0.25) is 0 Å². The molecule has 1 unspecified atom stereocenters. The number of nitrogens with one attached hydrogen (secondary N) is 1. The van der Waals surface area contributed by atoms with Gasteiger partial charge in [0.15, 0.2) is 0 Å². The number of rotatable bonds is 7. The van der Waals surface area contributed by atoms with Crippen LogP contribution in [0.25, 0.3) is 6.08 Å². The Morgan fingerprint density at radius 3 is 2.68 bits per heavy atom. The SMILES string of the molecule is CCOc1ccccc1/C=C/C(=O)NC(C)c1cc(C)ccc1OC. The van der Waals surface area contributed by atoms with Gasteiger partial charge >= 0.3 is 0 Å². The van der Waals surface area contributed by atoms with E-state index >= 15 is 0 Å². The van der Waals surface area contributed by atoms with Gasteiger partial charge in [0.25, 0.3) is 0 Å². The van der Waals surface area contributed by atoms with E-state index in [0.29, 0.717) is 6.61 Å². The summed E-state index contributed by atoms with van der Waals surface area (Å²) in [5.74, 6) is 1.37. The fourth-order valence-corrected chi connectivity index (χ4v) is 2.60. The van der Waals surface area contributed by atoms with Crippen molar-refractivity contribution in [3.63, 3.8) is 0 Å². The molecule has 4 heteroatoms. The van der Waals surface area contributed by atoms with Crippen molar-refractivity contribution in [3.05, 3.63) is 65.2 Å². The van der Waals surface area contributed by atoms with Crippen LogP contribution in [0.1, 0.15) is 36.6 Å². The molecule has 25 heavy (non-hydrogen) atoms. The molecule has 0 bridgehead atoms. The summed E-state index contributed by atoms with van der Waals surface area (Å²) in [6.45, 7) is 6.48. The fraction of sp³-hybridized carbons (Fsp3) is 0.286. The van der Waals surface area contributed by atoms with Gasteiger partial charge in [-0.3, -0.25) is 4.79 Å². The number of benzene rings is 2.